The van der Waals surface area contributed by atoms with Crippen molar-refractivity contribution in [2.24, 2.45) is 0 Å². The topological polar surface area (TPSA) is 36.9 Å². The van der Waals surface area contributed by atoms with Crippen LogP contribution in [0.15, 0.2) is 182 Å². The highest BCUT2D eigenvalue weighted by molar-refractivity contribution is 6.69. The van der Waals surface area contributed by atoms with Gasteiger partial charge in [-0.25, -0.2) is 0 Å². The Morgan fingerprint density at radius 3 is 0.966 bits per heavy atom. The fourth-order valence-electron chi connectivity index (χ4n) is 9.83. The highest BCUT2D eigenvalue weighted by Gasteiger charge is 2.45. The molecule has 0 spiro atoms. The lowest BCUT2D eigenvalue weighted by Crippen LogP contribution is -2.39. The molecule has 0 saturated carbocycles. The molecule has 4 nitrogen and oxygen atoms in total. The molecule has 274 valence electrons. The SMILES string of the molecule is c1ccc2c(-c3c4ccccc4c(B4OCC(C5COB(c6c7ccccc7c(-c7cccc8ccccc78)c7ccccc67)O5)O4)c4ccccc34)cccc2c1. The maximum absolute atomic E-state index is 6.91. The highest BCUT2D eigenvalue weighted by Crippen LogP contribution is 2.41. The van der Waals surface area contributed by atoms with E-state index in [1.807, 2.05) is 0 Å². The van der Waals surface area contributed by atoms with Gasteiger partial charge in [0, 0.05) is 0 Å². The first-order valence-electron chi connectivity index (χ1n) is 20.2. The summed E-state index contributed by atoms with van der Waals surface area (Å²) in [5.74, 6) is 0. The number of fused-ring (bicyclic) bond motifs is 6. The van der Waals surface area contributed by atoms with Crippen LogP contribution >= 0.6 is 0 Å². The fourth-order valence-corrected chi connectivity index (χ4v) is 9.83. The van der Waals surface area contributed by atoms with Crippen molar-refractivity contribution in [2.75, 3.05) is 13.2 Å². The Hall–Kier alpha value is -6.27. The average molecular weight is 746 g/mol. The Morgan fingerprint density at radius 2 is 0.603 bits per heavy atom. The van der Waals surface area contributed by atoms with Crippen molar-refractivity contribution in [3.05, 3.63) is 182 Å². The minimum atomic E-state index is -0.564. The quantitative estimate of drug-likeness (QED) is 0.130. The van der Waals surface area contributed by atoms with Crippen LogP contribution in [0.25, 0.3) is 86.9 Å². The van der Waals surface area contributed by atoms with Gasteiger partial charge in [0.15, 0.2) is 0 Å². The average Bonchev–Trinajstić information content (AvgIpc) is 3.98. The summed E-state index contributed by atoms with van der Waals surface area (Å²) >= 11 is 0. The van der Waals surface area contributed by atoms with Crippen molar-refractivity contribution in [2.45, 2.75) is 12.2 Å². The molecular weight excluding hydrogens is 710 g/mol. The van der Waals surface area contributed by atoms with Crippen LogP contribution in [-0.4, -0.2) is 39.7 Å². The Bertz CT molecular complexity index is 2910. The molecule has 10 aromatic carbocycles. The third-order valence-corrected chi connectivity index (χ3v) is 12.4. The van der Waals surface area contributed by atoms with Crippen LogP contribution in [0.5, 0.6) is 0 Å². The molecule has 2 aliphatic rings. The summed E-state index contributed by atoms with van der Waals surface area (Å²) in [6.45, 7) is 0.807. The van der Waals surface area contributed by atoms with Gasteiger partial charge in [0.2, 0.25) is 0 Å². The van der Waals surface area contributed by atoms with E-state index >= 15 is 0 Å². The molecule has 0 amide bonds. The fraction of sp³-hybridized carbons (Fsp3) is 0.0769. The van der Waals surface area contributed by atoms with E-state index in [2.05, 4.69) is 182 Å². The summed E-state index contributed by atoms with van der Waals surface area (Å²) < 4.78 is 27.1. The first-order valence-corrected chi connectivity index (χ1v) is 20.2. The third kappa shape index (κ3) is 5.27. The molecule has 0 aliphatic carbocycles. The Kier molecular flexibility index (Phi) is 7.99. The molecule has 12 rings (SSSR count). The predicted molar refractivity (Wildman–Crippen MR) is 241 cm³/mol. The number of benzene rings is 10. The van der Waals surface area contributed by atoms with Crippen molar-refractivity contribution in [3.8, 4) is 22.3 Å². The molecule has 2 atom stereocenters. The van der Waals surface area contributed by atoms with Gasteiger partial charge in [0.1, 0.15) is 0 Å². The van der Waals surface area contributed by atoms with Gasteiger partial charge in [-0.05, 0) is 97.8 Å². The number of hydrogen-bond acceptors (Lipinski definition) is 4. The van der Waals surface area contributed by atoms with Gasteiger partial charge < -0.3 is 18.6 Å². The van der Waals surface area contributed by atoms with E-state index in [1.54, 1.807) is 0 Å². The molecular formula is C52H36B2O4. The molecule has 2 aliphatic heterocycles. The molecule has 0 radical (unpaired) electrons. The second kappa shape index (κ2) is 13.7. The van der Waals surface area contributed by atoms with E-state index in [4.69, 9.17) is 18.6 Å². The zero-order valence-electron chi connectivity index (χ0n) is 31.7. The normalized spacial score (nSPS) is 17.2. The Labute approximate surface area is 336 Å². The van der Waals surface area contributed by atoms with Crippen molar-refractivity contribution in [3.63, 3.8) is 0 Å². The van der Waals surface area contributed by atoms with Crippen LogP contribution in [0.1, 0.15) is 0 Å². The Morgan fingerprint density at radius 1 is 0.310 bits per heavy atom. The van der Waals surface area contributed by atoms with Gasteiger partial charge in [-0.3, -0.25) is 0 Å². The highest BCUT2D eigenvalue weighted by atomic mass is 16.7. The summed E-state index contributed by atoms with van der Waals surface area (Å²) in [4.78, 5) is 0. The van der Waals surface area contributed by atoms with Gasteiger partial charge in [-0.15, -0.1) is 0 Å². The molecule has 58 heavy (non-hydrogen) atoms. The minimum absolute atomic E-state index is 0.308. The second-order valence-electron chi connectivity index (χ2n) is 15.5. The van der Waals surface area contributed by atoms with E-state index in [0.717, 1.165) is 32.5 Å². The number of rotatable bonds is 5. The van der Waals surface area contributed by atoms with Crippen LogP contribution in [0, 0.1) is 0 Å². The molecule has 0 bridgehead atoms. The van der Waals surface area contributed by atoms with E-state index in [9.17, 15) is 0 Å². The molecule has 2 heterocycles. The van der Waals surface area contributed by atoms with Crippen LogP contribution < -0.4 is 10.9 Å². The third-order valence-electron chi connectivity index (χ3n) is 12.4. The van der Waals surface area contributed by atoms with Gasteiger partial charge >= 0.3 is 14.2 Å². The molecule has 2 fully saturated rings. The van der Waals surface area contributed by atoms with Crippen molar-refractivity contribution in [1.82, 2.24) is 0 Å². The second-order valence-corrected chi connectivity index (χ2v) is 15.5. The van der Waals surface area contributed by atoms with Crippen LogP contribution in [0.2, 0.25) is 0 Å². The predicted octanol–water partition coefficient (Wildman–Crippen LogP) is 10.9. The first kappa shape index (κ1) is 33.8. The lowest BCUT2D eigenvalue weighted by molar-refractivity contribution is 0.0818. The monoisotopic (exact) mass is 746 g/mol. The number of hydrogen-bond donors (Lipinski definition) is 0. The molecule has 10 aromatic rings. The molecule has 0 aromatic heterocycles. The summed E-state index contributed by atoms with van der Waals surface area (Å²) in [6.07, 6.45) is -0.615. The van der Waals surface area contributed by atoms with Gasteiger partial charge in [0.25, 0.3) is 0 Å². The lowest BCUT2D eigenvalue weighted by atomic mass is 9.71. The summed E-state index contributed by atoms with van der Waals surface area (Å²) in [7, 11) is -1.13. The molecule has 2 unspecified atom stereocenters. The van der Waals surface area contributed by atoms with Crippen LogP contribution in [-0.2, 0) is 18.6 Å². The van der Waals surface area contributed by atoms with E-state index in [1.165, 1.54) is 65.3 Å². The largest absolute Gasteiger partial charge is 0.495 e. The van der Waals surface area contributed by atoms with E-state index in [0.29, 0.717) is 13.2 Å². The van der Waals surface area contributed by atoms with Crippen molar-refractivity contribution < 1.29 is 18.6 Å². The standard InChI is InChI=1S/C52H36B2O4/c1-3-19-35-33(15-1)17-13-29-37(35)49-39-21-5-9-25-43(39)51(44-26-10-6-22-40(44)49)53-55-31-47(57-53)48-32-56-54(58-48)52-45-27-11-7-23-41(45)50(42-24-8-12-28-46(42)52)38-30-14-18-34-16-2-4-20-36(34)38/h1-30,47-48H,31-32H2. The Balaban J connectivity index is 0.916. The molecule has 0 N–H and O–H groups in total. The minimum Gasteiger partial charge on any atom is -0.404 e. The maximum atomic E-state index is 6.91. The zero-order chi connectivity index (χ0) is 38.2. The van der Waals surface area contributed by atoms with Crippen LogP contribution in [0.3, 0.4) is 0 Å². The van der Waals surface area contributed by atoms with E-state index < -0.39 is 14.2 Å². The van der Waals surface area contributed by atoms with Gasteiger partial charge in [-0.1, -0.05) is 182 Å². The molecule has 6 heteroatoms. The van der Waals surface area contributed by atoms with Crippen LogP contribution in [0.4, 0.5) is 0 Å². The van der Waals surface area contributed by atoms with Crippen molar-refractivity contribution in [1.29, 1.82) is 0 Å². The smallest absolute Gasteiger partial charge is 0.404 e. The maximum Gasteiger partial charge on any atom is 0.495 e. The zero-order valence-corrected chi connectivity index (χ0v) is 31.7. The molecule has 2 saturated heterocycles. The lowest BCUT2D eigenvalue weighted by Gasteiger charge is -2.21. The van der Waals surface area contributed by atoms with Crippen molar-refractivity contribution >= 4 is 89.8 Å². The van der Waals surface area contributed by atoms with E-state index in [-0.39, 0.29) is 12.2 Å². The van der Waals surface area contributed by atoms with Gasteiger partial charge in [-0.2, -0.15) is 0 Å². The summed E-state index contributed by atoms with van der Waals surface area (Å²) in [6, 6.07) is 65.1. The summed E-state index contributed by atoms with van der Waals surface area (Å²) in [5.41, 5.74) is 6.99. The van der Waals surface area contributed by atoms with Gasteiger partial charge in [0.05, 0.1) is 25.4 Å². The first-order chi connectivity index (χ1) is 28.8. The summed E-state index contributed by atoms with van der Waals surface area (Å²) in [5, 5.41) is 14.1.